The van der Waals surface area contributed by atoms with E-state index in [0.29, 0.717) is 10.6 Å². The summed E-state index contributed by atoms with van der Waals surface area (Å²) in [4.78, 5) is 23.5. The number of carbonyl (C=O) groups excluding carboxylic acids is 1. The van der Waals surface area contributed by atoms with Gasteiger partial charge in [0.25, 0.3) is 5.69 Å². The average molecular weight is 277 g/mol. The monoisotopic (exact) mass is 277 g/mol. The maximum absolute atomic E-state index is 11.8. The number of Topliss-reactive ketones (excluding diaryl/α,β-unsaturated/α-hetero) is 1. The summed E-state index contributed by atoms with van der Waals surface area (Å²) in [7, 11) is 0. The molecule has 0 spiro atoms. The first kappa shape index (κ1) is 13.2. The molecule has 0 N–H and O–H groups in total. The van der Waals surface area contributed by atoms with Gasteiger partial charge in [-0.2, -0.15) is 0 Å². The van der Waals surface area contributed by atoms with Gasteiger partial charge in [-0.05, 0) is 31.2 Å². The predicted molar refractivity (Wildman–Crippen MR) is 72.0 cm³/mol. The van der Waals surface area contributed by atoms with Crippen LogP contribution >= 0.6 is 11.3 Å². The van der Waals surface area contributed by atoms with Crippen molar-refractivity contribution in [2.75, 3.05) is 6.61 Å². The molecule has 2 rings (SSSR count). The fraction of sp³-hybridized carbons (Fsp3) is 0.154. The Kier molecular flexibility index (Phi) is 3.91. The van der Waals surface area contributed by atoms with Crippen LogP contribution in [0.3, 0.4) is 0 Å². The number of aryl methyl sites for hydroxylation is 1. The molecule has 1 aromatic heterocycles. The first-order valence-corrected chi connectivity index (χ1v) is 6.35. The number of non-ortho nitro benzene ring substituents is 1. The Morgan fingerprint density at radius 2 is 1.95 bits per heavy atom. The van der Waals surface area contributed by atoms with Gasteiger partial charge in [0, 0.05) is 17.0 Å². The minimum atomic E-state index is -0.483. The number of hydrogen-bond acceptors (Lipinski definition) is 5. The Bertz CT molecular complexity index is 603. The second-order valence-electron chi connectivity index (χ2n) is 3.87. The van der Waals surface area contributed by atoms with Gasteiger partial charge in [0.15, 0.2) is 6.61 Å². The van der Waals surface area contributed by atoms with Crippen molar-refractivity contribution in [1.29, 1.82) is 0 Å². The number of ether oxygens (including phenoxy) is 1. The number of ketones is 1. The second-order valence-corrected chi connectivity index (χ2v) is 5.16. The number of rotatable bonds is 5. The lowest BCUT2D eigenvalue weighted by atomic mass is 10.3. The van der Waals surface area contributed by atoms with E-state index in [1.54, 1.807) is 6.07 Å². The normalized spacial score (nSPS) is 10.2. The Morgan fingerprint density at radius 1 is 1.26 bits per heavy atom. The summed E-state index contributed by atoms with van der Waals surface area (Å²) in [5.41, 5.74) is -0.00689. The minimum absolute atomic E-state index is 0.00689. The van der Waals surface area contributed by atoms with Gasteiger partial charge in [-0.1, -0.05) is 0 Å². The summed E-state index contributed by atoms with van der Waals surface area (Å²) in [5.74, 6) is 0.337. The van der Waals surface area contributed by atoms with Crippen molar-refractivity contribution >= 4 is 22.8 Å². The molecule has 0 aliphatic heterocycles. The molecule has 1 aromatic carbocycles. The summed E-state index contributed by atoms with van der Waals surface area (Å²) in [5, 5.41) is 10.5. The molecule has 0 aliphatic carbocycles. The highest BCUT2D eigenvalue weighted by molar-refractivity contribution is 7.14. The first-order chi connectivity index (χ1) is 9.06. The van der Waals surface area contributed by atoms with Gasteiger partial charge in [-0.25, -0.2) is 0 Å². The summed E-state index contributed by atoms with van der Waals surface area (Å²) < 4.78 is 5.30. The van der Waals surface area contributed by atoms with Gasteiger partial charge in [0.1, 0.15) is 5.75 Å². The second kappa shape index (κ2) is 5.62. The van der Waals surface area contributed by atoms with Crippen LogP contribution in [0.25, 0.3) is 0 Å². The van der Waals surface area contributed by atoms with Crippen LogP contribution in [0.15, 0.2) is 36.4 Å². The van der Waals surface area contributed by atoms with Gasteiger partial charge in [-0.15, -0.1) is 11.3 Å². The van der Waals surface area contributed by atoms with E-state index >= 15 is 0 Å². The molecule has 0 bridgehead atoms. The highest BCUT2D eigenvalue weighted by Gasteiger charge is 2.10. The number of nitro benzene ring substituents is 1. The first-order valence-electron chi connectivity index (χ1n) is 5.53. The van der Waals surface area contributed by atoms with E-state index in [9.17, 15) is 14.9 Å². The molecule has 1 heterocycles. The molecule has 0 atom stereocenters. The molecule has 5 nitrogen and oxygen atoms in total. The van der Waals surface area contributed by atoms with Gasteiger partial charge < -0.3 is 4.74 Å². The van der Waals surface area contributed by atoms with Crippen molar-refractivity contribution in [2.24, 2.45) is 0 Å². The van der Waals surface area contributed by atoms with Crippen LogP contribution in [0, 0.1) is 17.0 Å². The van der Waals surface area contributed by atoms with E-state index in [-0.39, 0.29) is 18.1 Å². The molecule has 0 amide bonds. The van der Waals surface area contributed by atoms with Crippen LogP contribution in [-0.2, 0) is 0 Å². The molecule has 0 fully saturated rings. The van der Waals surface area contributed by atoms with E-state index in [2.05, 4.69) is 0 Å². The lowest BCUT2D eigenvalue weighted by Gasteiger charge is -2.03. The topological polar surface area (TPSA) is 69.4 Å². The molecule has 0 radical (unpaired) electrons. The Balaban J connectivity index is 1.95. The van der Waals surface area contributed by atoms with Crippen LogP contribution < -0.4 is 4.74 Å². The standard InChI is InChI=1S/C13H11NO4S/c1-9-2-7-13(19-9)12(15)8-18-11-5-3-10(4-6-11)14(16)17/h2-7H,8H2,1H3. The maximum Gasteiger partial charge on any atom is 0.269 e. The maximum atomic E-state index is 11.8. The van der Waals surface area contributed by atoms with Crippen LogP contribution in [0.5, 0.6) is 5.75 Å². The van der Waals surface area contributed by atoms with Crippen molar-refractivity contribution in [1.82, 2.24) is 0 Å². The number of nitrogens with zero attached hydrogens (tertiary/aromatic N) is 1. The number of nitro groups is 1. The molecule has 19 heavy (non-hydrogen) atoms. The average Bonchev–Trinajstić information content (AvgIpc) is 2.83. The van der Waals surface area contributed by atoms with Crippen molar-refractivity contribution in [3.8, 4) is 5.75 Å². The van der Waals surface area contributed by atoms with Crippen molar-refractivity contribution in [3.05, 3.63) is 56.3 Å². The zero-order valence-electron chi connectivity index (χ0n) is 10.2. The molecule has 2 aromatic rings. The van der Waals surface area contributed by atoms with E-state index < -0.39 is 4.92 Å². The molecule has 0 saturated heterocycles. The van der Waals surface area contributed by atoms with E-state index in [1.165, 1.54) is 35.6 Å². The van der Waals surface area contributed by atoms with Crippen LogP contribution in [0.4, 0.5) is 5.69 Å². The number of hydrogen-bond donors (Lipinski definition) is 0. The van der Waals surface area contributed by atoms with E-state index in [0.717, 1.165) is 4.88 Å². The van der Waals surface area contributed by atoms with Crippen molar-refractivity contribution in [2.45, 2.75) is 6.92 Å². The fourth-order valence-corrected chi connectivity index (χ4v) is 2.26. The van der Waals surface area contributed by atoms with Crippen LogP contribution in [-0.4, -0.2) is 17.3 Å². The molecule has 6 heteroatoms. The Hall–Kier alpha value is -2.21. The predicted octanol–water partition coefficient (Wildman–Crippen LogP) is 3.23. The zero-order valence-corrected chi connectivity index (χ0v) is 11.0. The van der Waals surface area contributed by atoms with E-state index in [1.807, 2.05) is 13.0 Å². The SMILES string of the molecule is Cc1ccc(C(=O)COc2ccc([N+](=O)[O-])cc2)s1. The smallest absolute Gasteiger partial charge is 0.269 e. The van der Waals surface area contributed by atoms with Crippen LogP contribution in [0.2, 0.25) is 0 Å². The molecular formula is C13H11NO4S. The van der Waals surface area contributed by atoms with Gasteiger partial charge in [-0.3, -0.25) is 14.9 Å². The van der Waals surface area contributed by atoms with Crippen molar-refractivity contribution in [3.63, 3.8) is 0 Å². The molecule has 0 unspecified atom stereocenters. The zero-order chi connectivity index (χ0) is 13.8. The van der Waals surface area contributed by atoms with Crippen LogP contribution in [0.1, 0.15) is 14.5 Å². The molecular weight excluding hydrogens is 266 g/mol. The minimum Gasteiger partial charge on any atom is -0.485 e. The third-order valence-corrected chi connectivity index (χ3v) is 3.47. The number of benzene rings is 1. The van der Waals surface area contributed by atoms with Crippen molar-refractivity contribution < 1.29 is 14.5 Å². The number of carbonyl (C=O) groups is 1. The summed E-state index contributed by atoms with van der Waals surface area (Å²) in [6, 6.07) is 9.28. The Morgan fingerprint density at radius 3 is 2.47 bits per heavy atom. The third-order valence-electron chi connectivity index (χ3n) is 2.43. The highest BCUT2D eigenvalue weighted by Crippen LogP contribution is 2.19. The summed E-state index contributed by atoms with van der Waals surface area (Å²) >= 11 is 1.42. The highest BCUT2D eigenvalue weighted by atomic mass is 32.1. The molecule has 0 aliphatic rings. The lowest BCUT2D eigenvalue weighted by molar-refractivity contribution is -0.384. The largest absolute Gasteiger partial charge is 0.485 e. The lowest BCUT2D eigenvalue weighted by Crippen LogP contribution is -2.09. The van der Waals surface area contributed by atoms with Gasteiger partial charge >= 0.3 is 0 Å². The molecule has 98 valence electrons. The number of thiophene rings is 1. The van der Waals surface area contributed by atoms with Gasteiger partial charge in [0.2, 0.25) is 5.78 Å². The third kappa shape index (κ3) is 3.38. The molecule has 0 saturated carbocycles. The van der Waals surface area contributed by atoms with Gasteiger partial charge in [0.05, 0.1) is 9.80 Å². The Labute approximate surface area is 113 Å². The quantitative estimate of drug-likeness (QED) is 0.478. The fourth-order valence-electron chi connectivity index (χ4n) is 1.47. The van der Waals surface area contributed by atoms with E-state index in [4.69, 9.17) is 4.74 Å². The summed E-state index contributed by atoms with van der Waals surface area (Å²) in [6.07, 6.45) is 0. The summed E-state index contributed by atoms with van der Waals surface area (Å²) in [6.45, 7) is 1.86.